The maximum atomic E-state index is 6.34. The molecule has 0 saturated heterocycles. The lowest BCUT2D eigenvalue weighted by atomic mass is 10.0. The molecule has 2 nitrogen and oxygen atoms in total. The van der Waals surface area contributed by atoms with Crippen molar-refractivity contribution < 1.29 is 0 Å². The van der Waals surface area contributed by atoms with E-state index in [0.29, 0.717) is 6.04 Å². The fourth-order valence-corrected chi connectivity index (χ4v) is 2.24. The van der Waals surface area contributed by atoms with E-state index in [9.17, 15) is 0 Å². The van der Waals surface area contributed by atoms with E-state index >= 15 is 0 Å². The van der Waals surface area contributed by atoms with Crippen LogP contribution in [0.25, 0.3) is 0 Å². The summed E-state index contributed by atoms with van der Waals surface area (Å²) in [6.07, 6.45) is 2.92. The molecule has 0 aliphatic rings. The normalized spacial score (nSPS) is 14.3. The lowest BCUT2D eigenvalue weighted by Gasteiger charge is -2.29. The molecule has 1 rings (SSSR count). The van der Waals surface area contributed by atoms with Crippen LogP contribution in [0.4, 0.5) is 5.69 Å². The summed E-state index contributed by atoms with van der Waals surface area (Å²) in [5, 5.41) is 0.826. The first kappa shape index (κ1) is 15.3. The van der Waals surface area contributed by atoms with E-state index in [4.69, 9.17) is 17.3 Å². The summed E-state index contributed by atoms with van der Waals surface area (Å²) in [6, 6.07) is 6.77. The number of rotatable bonds is 6. The highest BCUT2D eigenvalue weighted by atomic mass is 35.5. The first-order valence-corrected chi connectivity index (χ1v) is 7.14. The second-order valence-corrected chi connectivity index (χ2v) is 5.39. The Morgan fingerprint density at radius 2 is 1.94 bits per heavy atom. The van der Waals surface area contributed by atoms with Gasteiger partial charge < -0.3 is 10.6 Å². The molecule has 0 saturated carbocycles. The Balaban J connectivity index is 3.07. The Kier molecular flexibility index (Phi) is 5.97. The molecule has 0 fully saturated rings. The van der Waals surface area contributed by atoms with Crippen LogP contribution in [0.2, 0.25) is 5.02 Å². The second kappa shape index (κ2) is 7.01. The van der Waals surface area contributed by atoms with Gasteiger partial charge in [0.15, 0.2) is 0 Å². The van der Waals surface area contributed by atoms with Gasteiger partial charge in [0.25, 0.3) is 0 Å². The molecule has 0 radical (unpaired) electrons. The van der Waals surface area contributed by atoms with E-state index in [0.717, 1.165) is 24.3 Å². The van der Waals surface area contributed by atoms with Crippen molar-refractivity contribution in [3.63, 3.8) is 0 Å². The molecule has 0 aliphatic carbocycles. The molecule has 3 heteroatoms. The summed E-state index contributed by atoms with van der Waals surface area (Å²) in [5.74, 6) is 0. The van der Waals surface area contributed by atoms with E-state index in [-0.39, 0.29) is 6.04 Å². The number of benzene rings is 1. The van der Waals surface area contributed by atoms with Crippen molar-refractivity contribution in [2.75, 3.05) is 11.9 Å². The van der Waals surface area contributed by atoms with Crippen molar-refractivity contribution in [1.29, 1.82) is 0 Å². The minimum Gasteiger partial charge on any atom is -0.372 e. The predicted molar refractivity (Wildman–Crippen MR) is 81.6 cm³/mol. The maximum absolute atomic E-state index is 6.34. The van der Waals surface area contributed by atoms with Crippen LogP contribution in [-0.2, 0) is 6.42 Å². The number of anilines is 1. The minimum atomic E-state index is 0.175. The molecule has 0 bridgehead atoms. The third kappa shape index (κ3) is 3.63. The molecule has 2 atom stereocenters. The first-order chi connectivity index (χ1) is 8.51. The van der Waals surface area contributed by atoms with Crippen LogP contribution < -0.4 is 10.6 Å². The third-order valence-electron chi connectivity index (χ3n) is 3.72. The molecular formula is C15H25ClN2. The van der Waals surface area contributed by atoms with E-state index < -0.39 is 0 Å². The number of halogens is 1. The average molecular weight is 269 g/mol. The van der Waals surface area contributed by atoms with Crippen molar-refractivity contribution in [2.24, 2.45) is 5.73 Å². The molecule has 2 N–H and O–H groups in total. The number of nitrogens with two attached hydrogens (primary N) is 1. The Hall–Kier alpha value is -0.730. The van der Waals surface area contributed by atoms with Crippen LogP contribution in [0.1, 0.15) is 39.2 Å². The molecule has 0 aromatic heterocycles. The molecule has 0 heterocycles. The first-order valence-electron chi connectivity index (χ1n) is 6.77. The Labute approximate surface area is 116 Å². The second-order valence-electron chi connectivity index (χ2n) is 4.98. The highest BCUT2D eigenvalue weighted by Crippen LogP contribution is 2.29. The largest absolute Gasteiger partial charge is 0.372 e. The summed E-state index contributed by atoms with van der Waals surface area (Å²) in [6.45, 7) is 6.53. The molecule has 1 aromatic rings. The van der Waals surface area contributed by atoms with Crippen LogP contribution in [0.5, 0.6) is 0 Å². The summed E-state index contributed by atoms with van der Waals surface area (Å²) < 4.78 is 0. The number of nitrogens with zero attached hydrogens (tertiary/aromatic N) is 1. The van der Waals surface area contributed by atoms with E-state index in [2.05, 4.69) is 38.8 Å². The van der Waals surface area contributed by atoms with Crippen molar-refractivity contribution in [2.45, 2.75) is 52.1 Å². The summed E-state index contributed by atoms with van der Waals surface area (Å²) in [5.41, 5.74) is 8.46. The molecule has 0 amide bonds. The smallest absolute Gasteiger partial charge is 0.0459 e. The highest BCUT2D eigenvalue weighted by Gasteiger charge is 2.16. The van der Waals surface area contributed by atoms with Gasteiger partial charge in [-0.2, -0.15) is 0 Å². The van der Waals surface area contributed by atoms with Crippen molar-refractivity contribution in [3.05, 3.63) is 28.8 Å². The molecule has 102 valence electrons. The van der Waals surface area contributed by atoms with Crippen molar-refractivity contribution in [1.82, 2.24) is 0 Å². The zero-order valence-electron chi connectivity index (χ0n) is 11.9. The number of hydrogen-bond donors (Lipinski definition) is 1. The topological polar surface area (TPSA) is 29.3 Å². The van der Waals surface area contributed by atoms with Gasteiger partial charge in [0, 0.05) is 29.8 Å². The summed E-state index contributed by atoms with van der Waals surface area (Å²) in [7, 11) is 2.13. The SMILES string of the molecule is CCC(N)Cc1c(Cl)cccc1N(C)C(C)CC. The van der Waals surface area contributed by atoms with Crippen LogP contribution in [-0.4, -0.2) is 19.1 Å². The number of hydrogen-bond acceptors (Lipinski definition) is 2. The van der Waals surface area contributed by atoms with E-state index in [1.165, 1.54) is 11.3 Å². The van der Waals surface area contributed by atoms with Gasteiger partial charge in [-0.05, 0) is 43.9 Å². The Bertz CT molecular complexity index is 379. The maximum Gasteiger partial charge on any atom is 0.0459 e. The van der Waals surface area contributed by atoms with Gasteiger partial charge in [-0.3, -0.25) is 0 Å². The van der Waals surface area contributed by atoms with Crippen LogP contribution in [0.3, 0.4) is 0 Å². The Morgan fingerprint density at radius 1 is 1.28 bits per heavy atom. The zero-order valence-corrected chi connectivity index (χ0v) is 12.7. The fraction of sp³-hybridized carbons (Fsp3) is 0.600. The predicted octanol–water partition coefficient (Wildman–Crippen LogP) is 3.85. The summed E-state index contributed by atoms with van der Waals surface area (Å²) >= 11 is 6.34. The van der Waals surface area contributed by atoms with E-state index in [1.54, 1.807) is 0 Å². The van der Waals surface area contributed by atoms with Crippen molar-refractivity contribution in [3.8, 4) is 0 Å². The molecule has 2 unspecified atom stereocenters. The van der Waals surface area contributed by atoms with Gasteiger partial charge in [-0.1, -0.05) is 31.5 Å². The standard InChI is InChI=1S/C15H25ClN2/c1-5-11(3)18(4)15-9-7-8-14(16)13(15)10-12(17)6-2/h7-9,11-12H,5-6,10,17H2,1-4H3. The monoisotopic (exact) mass is 268 g/mol. The third-order valence-corrected chi connectivity index (χ3v) is 4.07. The van der Waals surface area contributed by atoms with Gasteiger partial charge >= 0.3 is 0 Å². The summed E-state index contributed by atoms with van der Waals surface area (Å²) in [4.78, 5) is 2.30. The van der Waals surface area contributed by atoms with Crippen LogP contribution in [0, 0.1) is 0 Å². The van der Waals surface area contributed by atoms with Gasteiger partial charge in [0.1, 0.15) is 0 Å². The van der Waals surface area contributed by atoms with E-state index in [1.807, 2.05) is 12.1 Å². The van der Waals surface area contributed by atoms with Crippen molar-refractivity contribution >= 4 is 17.3 Å². The minimum absolute atomic E-state index is 0.175. The molecule has 1 aromatic carbocycles. The Morgan fingerprint density at radius 3 is 2.50 bits per heavy atom. The molecule has 0 aliphatic heterocycles. The van der Waals surface area contributed by atoms with Gasteiger partial charge in [0.2, 0.25) is 0 Å². The van der Waals surface area contributed by atoms with Gasteiger partial charge in [-0.25, -0.2) is 0 Å². The zero-order chi connectivity index (χ0) is 13.7. The average Bonchev–Trinajstić information content (AvgIpc) is 2.39. The van der Waals surface area contributed by atoms with Gasteiger partial charge in [0.05, 0.1) is 0 Å². The molecule has 18 heavy (non-hydrogen) atoms. The molecule has 0 spiro atoms. The van der Waals surface area contributed by atoms with Gasteiger partial charge in [-0.15, -0.1) is 0 Å². The quantitative estimate of drug-likeness (QED) is 0.849. The van der Waals surface area contributed by atoms with Crippen LogP contribution >= 0.6 is 11.6 Å². The lowest BCUT2D eigenvalue weighted by Crippen LogP contribution is -2.30. The highest BCUT2D eigenvalue weighted by molar-refractivity contribution is 6.31. The fourth-order valence-electron chi connectivity index (χ4n) is 2.00. The lowest BCUT2D eigenvalue weighted by molar-refractivity contribution is 0.633. The van der Waals surface area contributed by atoms with Crippen LogP contribution in [0.15, 0.2) is 18.2 Å². The molecular weight excluding hydrogens is 244 g/mol.